The molecule has 0 saturated carbocycles. The molecule has 2 heterocycles. The molecule has 7 heteroatoms. The molecule has 3 rings (SSSR count). The Kier molecular flexibility index (Phi) is 4.71. The van der Waals surface area contributed by atoms with E-state index in [1.807, 2.05) is 35.7 Å². The second-order valence-corrected chi connectivity index (χ2v) is 5.96. The number of imidazole rings is 1. The predicted octanol–water partition coefficient (Wildman–Crippen LogP) is 4.47. The number of anilines is 1. The summed E-state index contributed by atoms with van der Waals surface area (Å²) < 4.78 is 40.0. The van der Waals surface area contributed by atoms with Crippen molar-refractivity contribution in [3.63, 3.8) is 0 Å². The van der Waals surface area contributed by atoms with Crippen LogP contribution in [0.5, 0.6) is 0 Å². The maximum Gasteiger partial charge on any atom is 0.416 e. The van der Waals surface area contributed by atoms with Crippen LogP contribution in [0.25, 0.3) is 5.65 Å². The van der Waals surface area contributed by atoms with Gasteiger partial charge in [0.1, 0.15) is 11.5 Å². The molecule has 0 N–H and O–H groups in total. The normalized spacial score (nSPS) is 11.7. The van der Waals surface area contributed by atoms with Gasteiger partial charge in [-0.15, -0.1) is 0 Å². The minimum Gasteiger partial charge on any atom is -0.292 e. The van der Waals surface area contributed by atoms with Gasteiger partial charge in [-0.2, -0.15) is 13.2 Å². The Morgan fingerprint density at radius 3 is 2.42 bits per heavy atom. The van der Waals surface area contributed by atoms with E-state index in [9.17, 15) is 18.0 Å². The maximum absolute atomic E-state index is 12.7. The Labute approximate surface area is 148 Å². The third-order valence-electron chi connectivity index (χ3n) is 4.17. The van der Waals surface area contributed by atoms with E-state index in [0.29, 0.717) is 17.8 Å². The molecule has 0 aliphatic rings. The number of hydrogen-bond donors (Lipinski definition) is 0. The molecule has 4 nitrogen and oxygen atoms in total. The molecule has 2 aromatic heterocycles. The lowest BCUT2D eigenvalue weighted by Crippen LogP contribution is -2.30. The fourth-order valence-electron chi connectivity index (χ4n) is 2.87. The summed E-state index contributed by atoms with van der Waals surface area (Å²) in [6, 6.07) is 10.4. The molecule has 0 saturated heterocycles. The first-order valence-electron chi connectivity index (χ1n) is 8.21. The molecule has 0 radical (unpaired) electrons. The van der Waals surface area contributed by atoms with Crippen LogP contribution in [0.1, 0.15) is 30.7 Å². The molecular formula is C19H18F3N3O. The van der Waals surface area contributed by atoms with Gasteiger partial charge < -0.3 is 0 Å². The minimum absolute atomic E-state index is 0.170. The van der Waals surface area contributed by atoms with Gasteiger partial charge in [0.25, 0.3) is 0 Å². The fraction of sp³-hybridized carbons (Fsp3) is 0.263. The van der Waals surface area contributed by atoms with Crippen LogP contribution < -0.4 is 4.90 Å². The highest BCUT2D eigenvalue weighted by Crippen LogP contribution is 2.30. The maximum atomic E-state index is 12.7. The highest BCUT2D eigenvalue weighted by atomic mass is 19.4. The Balaban J connectivity index is 2.00. The molecule has 0 aliphatic heterocycles. The van der Waals surface area contributed by atoms with Gasteiger partial charge in [-0.1, -0.05) is 25.1 Å². The number of alkyl halides is 3. The van der Waals surface area contributed by atoms with Crippen LogP contribution in [0.4, 0.5) is 19.0 Å². The number of rotatable bonds is 4. The van der Waals surface area contributed by atoms with E-state index < -0.39 is 11.7 Å². The van der Waals surface area contributed by atoms with Gasteiger partial charge in [0, 0.05) is 13.1 Å². The highest BCUT2D eigenvalue weighted by Gasteiger charge is 2.30. The lowest BCUT2D eigenvalue weighted by Gasteiger charge is -2.22. The molecule has 0 aliphatic carbocycles. The van der Waals surface area contributed by atoms with E-state index in [2.05, 4.69) is 4.98 Å². The molecule has 1 amide bonds. The summed E-state index contributed by atoms with van der Waals surface area (Å²) in [5.41, 5.74) is 1.39. The molecule has 0 unspecified atom stereocenters. The summed E-state index contributed by atoms with van der Waals surface area (Å²) in [7, 11) is 0. The Morgan fingerprint density at radius 1 is 1.15 bits per heavy atom. The first kappa shape index (κ1) is 18.0. The Hall–Kier alpha value is -2.83. The number of pyridine rings is 1. The van der Waals surface area contributed by atoms with Crippen LogP contribution in [0.2, 0.25) is 0 Å². The topological polar surface area (TPSA) is 37.6 Å². The van der Waals surface area contributed by atoms with Crippen LogP contribution in [0.15, 0.2) is 48.7 Å². The van der Waals surface area contributed by atoms with E-state index >= 15 is 0 Å². The van der Waals surface area contributed by atoms with Gasteiger partial charge in [-0.3, -0.25) is 14.1 Å². The summed E-state index contributed by atoms with van der Waals surface area (Å²) in [5, 5.41) is 0. The average molecular weight is 361 g/mol. The zero-order chi connectivity index (χ0) is 18.9. The molecule has 26 heavy (non-hydrogen) atoms. The van der Waals surface area contributed by atoms with Crippen molar-refractivity contribution in [2.75, 3.05) is 4.90 Å². The van der Waals surface area contributed by atoms with Crippen molar-refractivity contribution in [2.24, 2.45) is 0 Å². The fourth-order valence-corrected chi connectivity index (χ4v) is 2.87. The number of benzene rings is 1. The van der Waals surface area contributed by atoms with E-state index in [1.54, 1.807) is 4.90 Å². The second kappa shape index (κ2) is 6.82. The van der Waals surface area contributed by atoms with Gasteiger partial charge >= 0.3 is 6.18 Å². The van der Waals surface area contributed by atoms with Crippen molar-refractivity contribution < 1.29 is 18.0 Å². The van der Waals surface area contributed by atoms with Crippen LogP contribution >= 0.6 is 0 Å². The number of halogens is 3. The van der Waals surface area contributed by atoms with Crippen molar-refractivity contribution in [2.45, 2.75) is 33.0 Å². The van der Waals surface area contributed by atoms with Gasteiger partial charge in [0.2, 0.25) is 5.91 Å². The third-order valence-corrected chi connectivity index (χ3v) is 4.17. The largest absolute Gasteiger partial charge is 0.416 e. The number of aromatic nitrogens is 2. The molecule has 0 bridgehead atoms. The highest BCUT2D eigenvalue weighted by molar-refractivity contribution is 5.91. The first-order chi connectivity index (χ1) is 12.3. The van der Waals surface area contributed by atoms with Crippen LogP contribution in [0.3, 0.4) is 0 Å². The lowest BCUT2D eigenvalue weighted by atomic mass is 10.1. The van der Waals surface area contributed by atoms with E-state index in [4.69, 9.17) is 0 Å². The number of aryl methyl sites for hydroxylation is 1. The van der Waals surface area contributed by atoms with E-state index in [1.165, 1.54) is 19.1 Å². The zero-order valence-corrected chi connectivity index (χ0v) is 14.4. The molecular weight excluding hydrogens is 343 g/mol. The van der Waals surface area contributed by atoms with Crippen molar-refractivity contribution in [1.29, 1.82) is 0 Å². The average Bonchev–Trinajstić information content (AvgIpc) is 2.97. The van der Waals surface area contributed by atoms with Crippen LogP contribution in [-0.2, 0) is 23.9 Å². The van der Waals surface area contributed by atoms with Crippen molar-refractivity contribution in [3.8, 4) is 0 Å². The quantitative estimate of drug-likeness (QED) is 0.688. The number of carbonyl (C=O) groups excluding carboxylic acids is 1. The summed E-state index contributed by atoms with van der Waals surface area (Å²) in [6.45, 7) is 3.55. The number of amides is 1. The summed E-state index contributed by atoms with van der Waals surface area (Å²) in [4.78, 5) is 18.4. The van der Waals surface area contributed by atoms with Crippen LogP contribution in [0, 0.1) is 0 Å². The number of hydrogen-bond acceptors (Lipinski definition) is 2. The minimum atomic E-state index is -4.38. The molecule has 1 aromatic carbocycles. The smallest absolute Gasteiger partial charge is 0.292 e. The van der Waals surface area contributed by atoms with Gasteiger partial charge in [0.05, 0.1) is 17.8 Å². The predicted molar refractivity (Wildman–Crippen MR) is 92.9 cm³/mol. The molecule has 0 fully saturated rings. The molecule has 0 spiro atoms. The number of fused-ring (bicyclic) bond motifs is 1. The Bertz CT molecular complexity index is 929. The monoisotopic (exact) mass is 361 g/mol. The van der Waals surface area contributed by atoms with Gasteiger partial charge in [-0.25, -0.2) is 4.98 Å². The molecule has 3 aromatic rings. The summed E-state index contributed by atoms with van der Waals surface area (Å²) in [5.74, 6) is 0.445. The number of carbonyl (C=O) groups is 1. The lowest BCUT2D eigenvalue weighted by molar-refractivity contribution is -0.137. The van der Waals surface area contributed by atoms with Crippen LogP contribution in [-0.4, -0.2) is 15.3 Å². The Morgan fingerprint density at radius 2 is 1.85 bits per heavy atom. The van der Waals surface area contributed by atoms with Gasteiger partial charge in [0.15, 0.2) is 0 Å². The standard InChI is InChI=1S/C19H18F3N3O/c1-3-16-18(24-11-5-4-6-17(24)23-16)25(13(2)26)12-14-7-9-15(10-8-14)19(20,21)22/h4-11H,3,12H2,1-2H3. The first-order valence-corrected chi connectivity index (χ1v) is 8.21. The van der Waals surface area contributed by atoms with Crippen molar-refractivity contribution in [3.05, 3.63) is 65.5 Å². The van der Waals surface area contributed by atoms with E-state index in [0.717, 1.165) is 23.5 Å². The number of nitrogens with zero attached hydrogens (tertiary/aromatic N) is 3. The third kappa shape index (κ3) is 3.42. The van der Waals surface area contributed by atoms with Crippen molar-refractivity contribution in [1.82, 2.24) is 9.38 Å². The second-order valence-electron chi connectivity index (χ2n) is 5.96. The molecule has 0 atom stereocenters. The molecule has 136 valence electrons. The zero-order valence-electron chi connectivity index (χ0n) is 14.4. The van der Waals surface area contributed by atoms with E-state index in [-0.39, 0.29) is 12.5 Å². The van der Waals surface area contributed by atoms with Crippen molar-refractivity contribution >= 4 is 17.4 Å². The SMILES string of the molecule is CCc1nc2ccccn2c1N(Cc1ccc(C(F)(F)F)cc1)C(C)=O. The summed E-state index contributed by atoms with van der Waals surface area (Å²) in [6.07, 6.45) is -1.93. The van der Waals surface area contributed by atoms with Gasteiger partial charge in [-0.05, 0) is 36.2 Å². The summed E-state index contributed by atoms with van der Waals surface area (Å²) >= 11 is 0.